The largest absolute Gasteiger partial charge is 0.0874 e. The Morgan fingerprint density at radius 2 is 1.22 bits per heavy atom. The van der Waals surface area contributed by atoms with Crippen LogP contribution >= 0.6 is 0 Å². The van der Waals surface area contributed by atoms with Crippen molar-refractivity contribution in [2.24, 2.45) is 0 Å². The second-order valence-corrected chi connectivity index (χ2v) is 3.47. The van der Waals surface area contributed by atoms with Crippen LogP contribution in [0.4, 0.5) is 0 Å². The molecule has 0 aromatic rings. The molecule has 0 heteroatoms. The predicted molar refractivity (Wildman–Crippen MR) is 91.4 cm³/mol. The number of rotatable bonds is 5. The lowest BCUT2D eigenvalue weighted by Gasteiger charge is -1.97. The SMILES string of the molecule is C/C=C\C(=C/C)CCCC.CC.CC.CCCC. The van der Waals surface area contributed by atoms with Gasteiger partial charge in [0.25, 0.3) is 0 Å². The van der Waals surface area contributed by atoms with Crippen LogP contribution in [0.5, 0.6) is 0 Å². The van der Waals surface area contributed by atoms with Crippen molar-refractivity contribution in [2.45, 2.75) is 94.4 Å². The highest BCUT2D eigenvalue weighted by Gasteiger charge is 1.87. The Morgan fingerprint density at radius 1 is 0.778 bits per heavy atom. The van der Waals surface area contributed by atoms with Gasteiger partial charge in [-0.15, -0.1) is 0 Å². The summed E-state index contributed by atoms with van der Waals surface area (Å²) < 4.78 is 0. The van der Waals surface area contributed by atoms with E-state index in [-0.39, 0.29) is 0 Å². The number of hydrogen-bond donors (Lipinski definition) is 0. The maximum atomic E-state index is 2.23. The van der Waals surface area contributed by atoms with Crippen molar-refractivity contribution >= 4 is 0 Å². The highest BCUT2D eigenvalue weighted by Crippen LogP contribution is 2.07. The third-order valence-corrected chi connectivity index (χ3v) is 2.07. The lowest BCUT2D eigenvalue weighted by Crippen LogP contribution is -1.77. The Bertz CT molecular complexity index is 138. The number of allylic oxidation sites excluding steroid dienone is 4. The molecule has 0 saturated heterocycles. The summed E-state index contributed by atoms with van der Waals surface area (Å²) >= 11 is 0. The van der Waals surface area contributed by atoms with Gasteiger partial charge >= 0.3 is 0 Å². The second kappa shape index (κ2) is 36.0. The Morgan fingerprint density at radius 3 is 1.44 bits per heavy atom. The quantitative estimate of drug-likeness (QED) is 0.445. The smallest absolute Gasteiger partial charge is 0.0282 e. The second-order valence-electron chi connectivity index (χ2n) is 3.47. The first-order valence-electron chi connectivity index (χ1n) is 8.04. The van der Waals surface area contributed by atoms with Gasteiger partial charge in [-0.25, -0.2) is 0 Å². The zero-order valence-electron chi connectivity index (χ0n) is 14.8. The molecule has 0 aliphatic rings. The minimum atomic E-state index is 1.23. The summed E-state index contributed by atoms with van der Waals surface area (Å²) in [4.78, 5) is 0. The summed E-state index contributed by atoms with van der Waals surface area (Å²) in [6.45, 7) is 18.8. The Labute approximate surface area is 119 Å². The molecule has 0 unspecified atom stereocenters. The van der Waals surface area contributed by atoms with E-state index in [0.29, 0.717) is 0 Å². The fourth-order valence-electron chi connectivity index (χ4n) is 0.919. The van der Waals surface area contributed by atoms with E-state index >= 15 is 0 Å². The van der Waals surface area contributed by atoms with Gasteiger partial charge in [-0.2, -0.15) is 0 Å². The fourth-order valence-corrected chi connectivity index (χ4v) is 0.919. The molecule has 0 bridgehead atoms. The number of hydrogen-bond acceptors (Lipinski definition) is 0. The summed E-state index contributed by atoms with van der Waals surface area (Å²) in [5.41, 5.74) is 1.46. The average molecular weight is 257 g/mol. The molecule has 0 aliphatic heterocycles. The molecule has 0 radical (unpaired) electrons. The van der Waals surface area contributed by atoms with Crippen LogP contribution < -0.4 is 0 Å². The van der Waals surface area contributed by atoms with Crippen molar-refractivity contribution in [1.29, 1.82) is 0 Å². The summed E-state index contributed by atoms with van der Waals surface area (Å²) in [5, 5.41) is 0. The van der Waals surface area contributed by atoms with E-state index in [0.717, 1.165) is 0 Å². The van der Waals surface area contributed by atoms with Crippen LogP contribution in [0.2, 0.25) is 0 Å². The molecular formula is C18H40. The van der Waals surface area contributed by atoms with Gasteiger partial charge in [-0.05, 0) is 26.7 Å². The van der Waals surface area contributed by atoms with E-state index in [9.17, 15) is 0 Å². The van der Waals surface area contributed by atoms with E-state index in [2.05, 4.69) is 52.8 Å². The summed E-state index contributed by atoms with van der Waals surface area (Å²) in [5.74, 6) is 0. The molecule has 0 amide bonds. The minimum Gasteiger partial charge on any atom is -0.0874 e. The summed E-state index contributed by atoms with van der Waals surface area (Å²) in [6, 6.07) is 0. The average Bonchev–Trinajstić information content (AvgIpc) is 2.48. The van der Waals surface area contributed by atoms with Crippen molar-refractivity contribution < 1.29 is 0 Å². The van der Waals surface area contributed by atoms with Crippen molar-refractivity contribution in [2.75, 3.05) is 0 Å². The summed E-state index contributed by atoms with van der Waals surface area (Å²) in [7, 11) is 0. The third kappa shape index (κ3) is 36.1. The lowest BCUT2D eigenvalue weighted by atomic mass is 10.1. The highest BCUT2D eigenvalue weighted by atomic mass is 13.9. The Kier molecular flexibility index (Phi) is 52.2. The standard InChI is InChI=1S/C10H18.C4H10.2C2H6/c1-4-7-9-10(6-3)8-5-2;1-3-4-2;2*1-2/h5-6,8H,4,7,9H2,1-3H3;3-4H2,1-2H3;2*1-2H3/b8-5-,10-6+;;;. The predicted octanol–water partition coefficient (Wildman–Crippen LogP) is 7.56. The van der Waals surface area contributed by atoms with Gasteiger partial charge in [-0.1, -0.05) is 91.5 Å². The van der Waals surface area contributed by atoms with Crippen LogP contribution in [0.3, 0.4) is 0 Å². The van der Waals surface area contributed by atoms with Crippen molar-refractivity contribution in [1.82, 2.24) is 0 Å². The van der Waals surface area contributed by atoms with E-state index in [1.54, 1.807) is 0 Å². The third-order valence-electron chi connectivity index (χ3n) is 2.07. The van der Waals surface area contributed by atoms with Gasteiger partial charge in [0, 0.05) is 0 Å². The van der Waals surface area contributed by atoms with Crippen molar-refractivity contribution in [3.63, 3.8) is 0 Å². The maximum Gasteiger partial charge on any atom is -0.0282 e. The normalized spacial score (nSPS) is 9.50. The zero-order valence-corrected chi connectivity index (χ0v) is 14.8. The molecule has 0 nitrogen and oxygen atoms in total. The van der Waals surface area contributed by atoms with Crippen LogP contribution in [-0.4, -0.2) is 0 Å². The Balaban J connectivity index is -0.000000102. The molecule has 0 aromatic heterocycles. The first-order chi connectivity index (χ1) is 8.76. The lowest BCUT2D eigenvalue weighted by molar-refractivity contribution is 0.797. The molecule has 0 spiro atoms. The van der Waals surface area contributed by atoms with E-state index < -0.39 is 0 Å². The molecule has 0 aliphatic carbocycles. The van der Waals surface area contributed by atoms with Crippen LogP contribution in [0.25, 0.3) is 0 Å². The van der Waals surface area contributed by atoms with Crippen LogP contribution in [0.1, 0.15) is 94.4 Å². The Hall–Kier alpha value is -0.520. The monoisotopic (exact) mass is 256 g/mol. The molecule has 0 saturated carbocycles. The highest BCUT2D eigenvalue weighted by molar-refractivity contribution is 5.16. The molecule has 0 heterocycles. The fraction of sp³-hybridized carbons (Fsp3) is 0.778. The number of unbranched alkanes of at least 4 members (excludes halogenated alkanes) is 2. The van der Waals surface area contributed by atoms with Crippen LogP contribution in [0.15, 0.2) is 23.8 Å². The van der Waals surface area contributed by atoms with Gasteiger partial charge in [0.05, 0.1) is 0 Å². The molecule has 112 valence electrons. The molecule has 0 fully saturated rings. The van der Waals surface area contributed by atoms with Gasteiger partial charge in [0.15, 0.2) is 0 Å². The summed E-state index contributed by atoms with van der Waals surface area (Å²) in [6.07, 6.45) is 13.0. The minimum absolute atomic E-state index is 1.23. The van der Waals surface area contributed by atoms with Gasteiger partial charge in [-0.3, -0.25) is 0 Å². The molecular weight excluding hydrogens is 216 g/mol. The van der Waals surface area contributed by atoms with Crippen LogP contribution in [-0.2, 0) is 0 Å². The molecule has 0 rings (SSSR count). The van der Waals surface area contributed by atoms with Gasteiger partial charge in [0.2, 0.25) is 0 Å². The molecule has 0 aromatic carbocycles. The first kappa shape index (κ1) is 26.1. The first-order valence-corrected chi connectivity index (χ1v) is 8.04. The van der Waals surface area contributed by atoms with Crippen LogP contribution in [0, 0.1) is 0 Å². The zero-order chi connectivity index (χ0) is 15.2. The van der Waals surface area contributed by atoms with Crippen molar-refractivity contribution in [3.8, 4) is 0 Å². The topological polar surface area (TPSA) is 0 Å². The van der Waals surface area contributed by atoms with E-state index in [1.165, 1.54) is 37.7 Å². The maximum absolute atomic E-state index is 2.23. The van der Waals surface area contributed by atoms with Gasteiger partial charge < -0.3 is 0 Å². The van der Waals surface area contributed by atoms with Gasteiger partial charge in [0.1, 0.15) is 0 Å². The van der Waals surface area contributed by atoms with E-state index in [1.807, 2.05) is 27.7 Å². The van der Waals surface area contributed by atoms with E-state index in [4.69, 9.17) is 0 Å². The molecule has 0 atom stereocenters. The molecule has 0 N–H and O–H groups in total. The van der Waals surface area contributed by atoms with Crippen molar-refractivity contribution in [3.05, 3.63) is 23.8 Å². The molecule has 18 heavy (non-hydrogen) atoms.